The Hall–Kier alpha value is -5.06. The van der Waals surface area contributed by atoms with Gasteiger partial charge in [-0.25, -0.2) is 10.2 Å². The number of imidazole rings is 1. The van der Waals surface area contributed by atoms with Gasteiger partial charge in [-0.2, -0.15) is 10.1 Å². The Bertz CT molecular complexity index is 1740. The van der Waals surface area contributed by atoms with Crippen LogP contribution in [0.4, 0.5) is 11.6 Å². The largest absolute Gasteiger partial charge is 0.329 e. The monoisotopic (exact) mass is 469 g/mol. The van der Waals surface area contributed by atoms with Gasteiger partial charge in [-0.05, 0) is 16.3 Å². The third kappa shape index (κ3) is 4.06. The van der Waals surface area contributed by atoms with Gasteiger partial charge in [0.1, 0.15) is 0 Å². The van der Waals surface area contributed by atoms with Crippen molar-refractivity contribution in [1.29, 1.82) is 0 Å². The second kappa shape index (κ2) is 8.71. The van der Waals surface area contributed by atoms with Crippen molar-refractivity contribution >= 4 is 39.8 Å². The minimum Gasteiger partial charge on any atom is -0.298 e. The van der Waals surface area contributed by atoms with Crippen molar-refractivity contribution in [3.8, 4) is 0 Å². The molecule has 5 aromatic rings. The highest BCUT2D eigenvalue weighted by atomic mass is 16.6. The maximum absolute atomic E-state index is 12.8. The number of H-pyrrole nitrogens is 1. The fraction of sp³-hybridized carbons (Fsp3) is 0.0833. The Morgan fingerprint density at radius 2 is 1.89 bits per heavy atom. The molecule has 11 heteroatoms. The third-order valence-corrected chi connectivity index (χ3v) is 5.67. The van der Waals surface area contributed by atoms with E-state index >= 15 is 0 Å². The summed E-state index contributed by atoms with van der Waals surface area (Å²) < 4.78 is 2.91. The minimum atomic E-state index is -0.580. The van der Waals surface area contributed by atoms with E-state index in [-0.39, 0.29) is 29.3 Å². The number of aromatic amines is 1. The van der Waals surface area contributed by atoms with E-state index in [1.54, 1.807) is 16.7 Å². The zero-order valence-corrected chi connectivity index (χ0v) is 18.5. The molecule has 0 aliphatic rings. The molecule has 0 bridgehead atoms. The summed E-state index contributed by atoms with van der Waals surface area (Å²) in [5.41, 5.74) is 3.50. The fourth-order valence-electron chi connectivity index (χ4n) is 3.96. The normalized spacial score (nSPS) is 11.5. The zero-order chi connectivity index (χ0) is 24.5. The van der Waals surface area contributed by atoms with E-state index in [1.807, 2.05) is 42.5 Å². The number of fused-ring (bicyclic) bond motifs is 2. The Balaban J connectivity index is 1.60. The number of rotatable bonds is 6. The van der Waals surface area contributed by atoms with Crippen LogP contribution in [0.15, 0.2) is 81.4 Å². The van der Waals surface area contributed by atoms with Gasteiger partial charge in [0.2, 0.25) is 5.95 Å². The number of benzene rings is 3. The van der Waals surface area contributed by atoms with Gasteiger partial charge in [0, 0.05) is 24.7 Å². The summed E-state index contributed by atoms with van der Waals surface area (Å²) in [7, 11) is 1.52. The van der Waals surface area contributed by atoms with Gasteiger partial charge < -0.3 is 0 Å². The summed E-state index contributed by atoms with van der Waals surface area (Å²) in [6, 6.07) is 19.8. The van der Waals surface area contributed by atoms with Crippen LogP contribution >= 0.6 is 0 Å². The first-order valence-electron chi connectivity index (χ1n) is 10.6. The maximum atomic E-state index is 12.8. The number of aryl methyl sites for hydroxylation is 1. The van der Waals surface area contributed by atoms with E-state index in [2.05, 4.69) is 20.5 Å². The summed E-state index contributed by atoms with van der Waals surface area (Å²) in [6.07, 6.45) is 1.41. The highest BCUT2D eigenvalue weighted by molar-refractivity contribution is 5.86. The first kappa shape index (κ1) is 21.8. The highest BCUT2D eigenvalue weighted by Gasteiger charge is 2.18. The number of nitrogens with one attached hydrogen (secondary N) is 2. The molecule has 0 atom stereocenters. The number of nitro groups is 1. The second-order valence-electron chi connectivity index (χ2n) is 7.87. The van der Waals surface area contributed by atoms with Gasteiger partial charge >= 0.3 is 5.69 Å². The lowest BCUT2D eigenvalue weighted by Gasteiger charge is -2.11. The number of hydrogen-bond acceptors (Lipinski definition) is 7. The van der Waals surface area contributed by atoms with Crippen molar-refractivity contribution in [2.75, 3.05) is 5.43 Å². The molecule has 0 aliphatic carbocycles. The van der Waals surface area contributed by atoms with Crippen LogP contribution in [0, 0.1) is 10.1 Å². The summed E-state index contributed by atoms with van der Waals surface area (Å²) in [4.78, 5) is 42.2. The van der Waals surface area contributed by atoms with Crippen LogP contribution in [0.3, 0.4) is 0 Å². The molecule has 2 aromatic heterocycles. The standard InChI is InChI=1S/C24H19N7O4/c1-29-21-20(22(32)27-24(29)33)30(14-17-9-5-8-16-7-2-3-11-19(16)17)23(26-21)28-25-13-15-6-4-10-18(12-15)31(34)35/h2-13H,14H2,1H3,(H,26,28)(H,27,32,33)/b25-13-. The predicted molar refractivity (Wildman–Crippen MR) is 133 cm³/mol. The van der Waals surface area contributed by atoms with Crippen molar-refractivity contribution in [2.45, 2.75) is 6.54 Å². The lowest BCUT2D eigenvalue weighted by Crippen LogP contribution is -2.29. The molecule has 0 radical (unpaired) electrons. The molecule has 11 nitrogen and oxygen atoms in total. The SMILES string of the molecule is Cn1c(=O)[nH]c(=O)c2c1nc(N/N=C\c1cccc([N+](=O)[O-])c1)n2Cc1cccc2ccccc12. The van der Waals surface area contributed by atoms with Crippen molar-refractivity contribution in [2.24, 2.45) is 12.1 Å². The molecule has 2 N–H and O–H groups in total. The summed E-state index contributed by atoms with van der Waals surface area (Å²) >= 11 is 0. The van der Waals surface area contributed by atoms with Gasteiger partial charge in [-0.3, -0.25) is 29.0 Å². The molecular weight excluding hydrogens is 450 g/mol. The summed E-state index contributed by atoms with van der Waals surface area (Å²) in [6.45, 7) is 0.286. The van der Waals surface area contributed by atoms with Crippen LogP contribution in [-0.4, -0.2) is 30.2 Å². The van der Waals surface area contributed by atoms with Crippen LogP contribution in [0.2, 0.25) is 0 Å². The Morgan fingerprint density at radius 3 is 2.71 bits per heavy atom. The van der Waals surface area contributed by atoms with Crippen molar-refractivity contribution in [3.05, 3.63) is 109 Å². The molecule has 0 fully saturated rings. The zero-order valence-electron chi connectivity index (χ0n) is 18.5. The van der Waals surface area contributed by atoms with Crippen molar-refractivity contribution in [1.82, 2.24) is 19.1 Å². The summed E-state index contributed by atoms with van der Waals surface area (Å²) in [5, 5.41) is 17.3. The Morgan fingerprint density at radius 1 is 1.11 bits per heavy atom. The quantitative estimate of drug-likeness (QED) is 0.223. The second-order valence-corrected chi connectivity index (χ2v) is 7.87. The molecule has 0 saturated heterocycles. The molecule has 0 spiro atoms. The van der Waals surface area contributed by atoms with Gasteiger partial charge in [-0.1, -0.05) is 54.6 Å². The summed E-state index contributed by atoms with van der Waals surface area (Å²) in [5.74, 6) is 0.237. The number of aromatic nitrogens is 4. The van der Waals surface area contributed by atoms with Crippen molar-refractivity contribution < 1.29 is 4.92 Å². The number of hydrazone groups is 1. The molecule has 0 saturated carbocycles. The lowest BCUT2D eigenvalue weighted by atomic mass is 10.0. The van der Waals surface area contributed by atoms with E-state index in [1.165, 1.54) is 30.0 Å². The van der Waals surface area contributed by atoms with Gasteiger partial charge in [0.25, 0.3) is 11.2 Å². The van der Waals surface area contributed by atoms with E-state index < -0.39 is 16.2 Å². The third-order valence-electron chi connectivity index (χ3n) is 5.67. The average Bonchev–Trinajstić information content (AvgIpc) is 3.22. The van der Waals surface area contributed by atoms with Gasteiger partial charge in [0.05, 0.1) is 17.7 Å². The fourth-order valence-corrected chi connectivity index (χ4v) is 3.96. The minimum absolute atomic E-state index is 0.0568. The van der Waals surface area contributed by atoms with Crippen molar-refractivity contribution in [3.63, 3.8) is 0 Å². The lowest BCUT2D eigenvalue weighted by molar-refractivity contribution is -0.384. The molecule has 5 rings (SSSR count). The molecule has 0 amide bonds. The highest BCUT2D eigenvalue weighted by Crippen LogP contribution is 2.23. The number of non-ortho nitro benzene ring substituents is 1. The number of nitrogens with zero attached hydrogens (tertiary/aromatic N) is 5. The topological polar surface area (TPSA) is 140 Å². The van der Waals surface area contributed by atoms with Crippen LogP contribution < -0.4 is 16.7 Å². The van der Waals surface area contributed by atoms with E-state index in [4.69, 9.17) is 0 Å². The van der Waals surface area contributed by atoms with Gasteiger partial charge in [0.15, 0.2) is 11.2 Å². The van der Waals surface area contributed by atoms with Crippen LogP contribution in [0.1, 0.15) is 11.1 Å². The van der Waals surface area contributed by atoms with E-state index in [0.29, 0.717) is 5.56 Å². The molecule has 2 heterocycles. The van der Waals surface area contributed by atoms with Gasteiger partial charge in [-0.15, -0.1) is 0 Å². The Kier molecular flexibility index (Phi) is 5.41. The van der Waals surface area contributed by atoms with E-state index in [9.17, 15) is 19.7 Å². The molecule has 174 valence electrons. The predicted octanol–water partition coefficient (Wildman–Crippen LogP) is 2.98. The Labute approximate surface area is 197 Å². The molecule has 0 aliphatic heterocycles. The smallest absolute Gasteiger partial charge is 0.298 e. The van der Waals surface area contributed by atoms with Crippen LogP contribution in [-0.2, 0) is 13.6 Å². The number of hydrogen-bond donors (Lipinski definition) is 2. The molecule has 0 unspecified atom stereocenters. The van der Waals surface area contributed by atoms with Crippen LogP contribution in [0.25, 0.3) is 21.9 Å². The first-order chi connectivity index (χ1) is 16.9. The number of anilines is 1. The maximum Gasteiger partial charge on any atom is 0.329 e. The first-order valence-corrected chi connectivity index (χ1v) is 10.6. The molecular formula is C24H19N7O4. The van der Waals surface area contributed by atoms with Crippen LogP contribution in [0.5, 0.6) is 0 Å². The van der Waals surface area contributed by atoms with E-state index in [0.717, 1.165) is 16.3 Å². The molecule has 3 aromatic carbocycles. The molecule has 35 heavy (non-hydrogen) atoms. The number of nitro benzene ring substituents is 1. The average molecular weight is 469 g/mol.